The summed E-state index contributed by atoms with van der Waals surface area (Å²) in [5, 5.41) is 0. The van der Waals surface area contributed by atoms with Gasteiger partial charge in [-0.25, -0.2) is 4.98 Å². The first-order chi connectivity index (χ1) is 10.2. The second-order valence-electron chi connectivity index (χ2n) is 5.85. The Labute approximate surface area is 130 Å². The van der Waals surface area contributed by atoms with E-state index in [4.69, 9.17) is 21.3 Å². The Morgan fingerprint density at radius 2 is 2.29 bits per heavy atom. The number of hydrogen-bond acceptors (Lipinski definition) is 3. The maximum absolute atomic E-state index is 5.95. The molecule has 0 saturated carbocycles. The molecule has 1 aliphatic heterocycles. The minimum Gasteiger partial charge on any atom is -0.497 e. The quantitative estimate of drug-likeness (QED) is 0.796. The fourth-order valence-corrected chi connectivity index (χ4v) is 3.37. The van der Waals surface area contributed by atoms with Gasteiger partial charge in [-0.2, -0.15) is 0 Å². The largest absolute Gasteiger partial charge is 0.497 e. The highest BCUT2D eigenvalue weighted by Crippen LogP contribution is 2.25. The molecule has 1 unspecified atom stereocenters. The fourth-order valence-electron chi connectivity index (χ4n) is 3.20. The van der Waals surface area contributed by atoms with Crippen molar-refractivity contribution in [3.05, 3.63) is 24.0 Å². The van der Waals surface area contributed by atoms with E-state index in [0.717, 1.165) is 36.6 Å². The predicted octanol–water partition coefficient (Wildman–Crippen LogP) is 2.78. The van der Waals surface area contributed by atoms with Gasteiger partial charge in [0.15, 0.2) is 0 Å². The summed E-state index contributed by atoms with van der Waals surface area (Å²) in [4.78, 5) is 7.15. The van der Waals surface area contributed by atoms with Crippen molar-refractivity contribution in [3.63, 3.8) is 0 Å². The Hall–Kier alpha value is -1.26. The Bertz CT molecular complexity index is 625. The number of rotatable bonds is 5. The first-order valence-corrected chi connectivity index (χ1v) is 8.02. The standard InChI is InChI=1S/C16H22ClN3O/c1-19-8-6-12(10-19)11-20-15-4-3-13(21-2)9-14(15)18-16(20)5-7-17/h3-4,9,12H,5-8,10-11H2,1-2H3. The van der Waals surface area contributed by atoms with Gasteiger partial charge in [0.25, 0.3) is 0 Å². The Balaban J connectivity index is 1.95. The molecule has 0 spiro atoms. The molecule has 21 heavy (non-hydrogen) atoms. The third-order valence-electron chi connectivity index (χ3n) is 4.28. The lowest BCUT2D eigenvalue weighted by Crippen LogP contribution is -2.18. The molecule has 1 aromatic heterocycles. The molecule has 1 aliphatic rings. The molecule has 2 aromatic rings. The van der Waals surface area contributed by atoms with Crippen LogP contribution in [0, 0.1) is 5.92 Å². The number of hydrogen-bond donors (Lipinski definition) is 0. The zero-order valence-electron chi connectivity index (χ0n) is 12.7. The van der Waals surface area contributed by atoms with E-state index >= 15 is 0 Å². The van der Waals surface area contributed by atoms with Crippen molar-refractivity contribution in [1.29, 1.82) is 0 Å². The second kappa shape index (κ2) is 6.24. The molecule has 0 aliphatic carbocycles. The van der Waals surface area contributed by atoms with Crippen LogP contribution in [-0.2, 0) is 13.0 Å². The molecule has 0 amide bonds. The molecule has 3 rings (SSSR count). The van der Waals surface area contributed by atoms with Gasteiger partial charge in [-0.15, -0.1) is 11.6 Å². The normalized spacial score (nSPS) is 19.5. The predicted molar refractivity (Wildman–Crippen MR) is 86.3 cm³/mol. The highest BCUT2D eigenvalue weighted by Gasteiger charge is 2.22. The highest BCUT2D eigenvalue weighted by molar-refractivity contribution is 6.17. The van der Waals surface area contributed by atoms with E-state index in [-0.39, 0.29) is 0 Å². The summed E-state index contributed by atoms with van der Waals surface area (Å²) in [5.74, 6) is 3.24. The number of alkyl halides is 1. The van der Waals surface area contributed by atoms with Crippen LogP contribution in [0.3, 0.4) is 0 Å². The van der Waals surface area contributed by atoms with Crippen molar-refractivity contribution in [2.45, 2.75) is 19.4 Å². The molecule has 4 nitrogen and oxygen atoms in total. The summed E-state index contributed by atoms with van der Waals surface area (Å²) in [6.07, 6.45) is 2.06. The smallest absolute Gasteiger partial charge is 0.121 e. The molecule has 1 saturated heterocycles. The zero-order chi connectivity index (χ0) is 14.8. The number of fused-ring (bicyclic) bond motifs is 1. The molecule has 1 aromatic carbocycles. The van der Waals surface area contributed by atoms with Crippen LogP contribution in [0.1, 0.15) is 12.2 Å². The number of aromatic nitrogens is 2. The molecular formula is C16H22ClN3O. The Kier molecular flexibility index (Phi) is 4.36. The van der Waals surface area contributed by atoms with Gasteiger partial charge in [-0.1, -0.05) is 0 Å². The van der Waals surface area contributed by atoms with Gasteiger partial charge in [0.2, 0.25) is 0 Å². The monoisotopic (exact) mass is 307 g/mol. The number of imidazole rings is 1. The van der Waals surface area contributed by atoms with Crippen LogP contribution in [0.25, 0.3) is 11.0 Å². The number of halogens is 1. The third kappa shape index (κ3) is 3.01. The molecule has 0 bridgehead atoms. The lowest BCUT2D eigenvalue weighted by molar-refractivity contribution is 0.378. The fraction of sp³-hybridized carbons (Fsp3) is 0.562. The summed E-state index contributed by atoms with van der Waals surface area (Å²) in [6, 6.07) is 6.12. The van der Waals surface area contributed by atoms with Gasteiger partial charge in [-0.05, 0) is 38.1 Å². The number of methoxy groups -OCH3 is 1. The minimum absolute atomic E-state index is 0.602. The number of benzene rings is 1. The molecule has 1 atom stereocenters. The lowest BCUT2D eigenvalue weighted by atomic mass is 10.1. The number of aryl methyl sites for hydroxylation is 1. The Morgan fingerprint density at radius 3 is 2.95 bits per heavy atom. The number of nitrogens with zero attached hydrogens (tertiary/aromatic N) is 3. The summed E-state index contributed by atoms with van der Waals surface area (Å²) in [5.41, 5.74) is 2.19. The lowest BCUT2D eigenvalue weighted by Gasteiger charge is -2.14. The topological polar surface area (TPSA) is 30.3 Å². The second-order valence-corrected chi connectivity index (χ2v) is 6.23. The first kappa shape index (κ1) is 14.7. The van der Waals surface area contributed by atoms with Crippen molar-refractivity contribution < 1.29 is 4.74 Å². The maximum atomic E-state index is 5.95. The van der Waals surface area contributed by atoms with Crippen LogP contribution in [-0.4, -0.2) is 47.6 Å². The SMILES string of the molecule is COc1ccc2c(c1)nc(CCCl)n2CC1CCN(C)C1. The van der Waals surface area contributed by atoms with E-state index in [0.29, 0.717) is 11.8 Å². The zero-order valence-corrected chi connectivity index (χ0v) is 13.4. The summed E-state index contributed by atoms with van der Waals surface area (Å²) >= 11 is 5.95. The van der Waals surface area contributed by atoms with Crippen LogP contribution >= 0.6 is 11.6 Å². The van der Waals surface area contributed by atoms with E-state index in [1.54, 1.807) is 7.11 Å². The van der Waals surface area contributed by atoms with E-state index < -0.39 is 0 Å². The van der Waals surface area contributed by atoms with Crippen LogP contribution in [0.15, 0.2) is 18.2 Å². The molecule has 114 valence electrons. The minimum atomic E-state index is 0.602. The van der Waals surface area contributed by atoms with E-state index in [1.165, 1.54) is 18.5 Å². The summed E-state index contributed by atoms with van der Waals surface area (Å²) in [7, 11) is 3.88. The van der Waals surface area contributed by atoms with E-state index in [1.807, 2.05) is 12.1 Å². The van der Waals surface area contributed by atoms with Crippen LogP contribution < -0.4 is 4.74 Å². The van der Waals surface area contributed by atoms with Gasteiger partial charge in [-0.3, -0.25) is 0 Å². The molecule has 0 radical (unpaired) electrons. The maximum Gasteiger partial charge on any atom is 0.121 e. The van der Waals surface area contributed by atoms with Crippen LogP contribution in [0.2, 0.25) is 0 Å². The van der Waals surface area contributed by atoms with Crippen LogP contribution in [0.4, 0.5) is 0 Å². The van der Waals surface area contributed by atoms with Gasteiger partial charge in [0.1, 0.15) is 11.6 Å². The number of likely N-dealkylation sites (tertiary alicyclic amines) is 1. The van der Waals surface area contributed by atoms with Crippen molar-refractivity contribution in [1.82, 2.24) is 14.5 Å². The molecular weight excluding hydrogens is 286 g/mol. The van der Waals surface area contributed by atoms with Gasteiger partial charge < -0.3 is 14.2 Å². The summed E-state index contributed by atoms with van der Waals surface area (Å²) < 4.78 is 7.65. The average Bonchev–Trinajstić information content (AvgIpc) is 3.04. The third-order valence-corrected chi connectivity index (χ3v) is 4.47. The van der Waals surface area contributed by atoms with Crippen LogP contribution in [0.5, 0.6) is 5.75 Å². The van der Waals surface area contributed by atoms with Crippen molar-refractivity contribution in [3.8, 4) is 5.75 Å². The average molecular weight is 308 g/mol. The highest BCUT2D eigenvalue weighted by atomic mass is 35.5. The van der Waals surface area contributed by atoms with Gasteiger partial charge in [0, 0.05) is 31.5 Å². The molecule has 5 heteroatoms. The van der Waals surface area contributed by atoms with E-state index in [9.17, 15) is 0 Å². The number of ether oxygens (including phenoxy) is 1. The van der Waals surface area contributed by atoms with Gasteiger partial charge in [0.05, 0.1) is 18.1 Å². The summed E-state index contributed by atoms with van der Waals surface area (Å²) in [6.45, 7) is 3.38. The van der Waals surface area contributed by atoms with Gasteiger partial charge >= 0.3 is 0 Å². The van der Waals surface area contributed by atoms with Crippen molar-refractivity contribution in [2.24, 2.45) is 5.92 Å². The Morgan fingerprint density at radius 1 is 1.43 bits per heavy atom. The molecule has 0 N–H and O–H groups in total. The molecule has 1 fully saturated rings. The first-order valence-electron chi connectivity index (χ1n) is 7.49. The van der Waals surface area contributed by atoms with E-state index in [2.05, 4.69) is 22.6 Å². The van der Waals surface area contributed by atoms with Crippen molar-refractivity contribution in [2.75, 3.05) is 33.1 Å². The molecule has 2 heterocycles. The van der Waals surface area contributed by atoms with Crippen molar-refractivity contribution >= 4 is 22.6 Å².